The Morgan fingerprint density at radius 3 is 2.10 bits per heavy atom. The van der Waals surface area contributed by atoms with Crippen molar-refractivity contribution in [2.45, 2.75) is 145 Å². The van der Waals surface area contributed by atoms with Gasteiger partial charge in [0, 0.05) is 50.6 Å². The predicted molar refractivity (Wildman–Crippen MR) is 195 cm³/mol. The normalized spacial score (nSPS) is 44.5. The van der Waals surface area contributed by atoms with Crippen LogP contribution in [0.4, 0.5) is 0 Å². The zero-order valence-electron chi connectivity index (χ0n) is 32.6. The summed E-state index contributed by atoms with van der Waals surface area (Å²) in [6.45, 7) is 34.3. The van der Waals surface area contributed by atoms with E-state index >= 15 is 0 Å². The summed E-state index contributed by atoms with van der Waals surface area (Å²) in [6.07, 6.45) is 11.3. The number of allylic oxidation sites excluding steroid dienone is 1. The molecule has 1 heterocycles. The molecular formula is C42H71N3O3. The lowest BCUT2D eigenvalue weighted by atomic mass is 9.32. The second-order valence-electron chi connectivity index (χ2n) is 19.8. The third kappa shape index (κ3) is 5.55. The van der Waals surface area contributed by atoms with Crippen LogP contribution in [0.25, 0.3) is 0 Å². The van der Waals surface area contributed by atoms with Gasteiger partial charge in [0.25, 0.3) is 0 Å². The fourth-order valence-corrected chi connectivity index (χ4v) is 14.2. The molecule has 1 N–H and O–H groups in total. The van der Waals surface area contributed by atoms with Crippen LogP contribution >= 0.6 is 0 Å². The smallest absolute Gasteiger partial charge is 0.302 e. The molecule has 6 heteroatoms. The molecule has 0 bridgehead atoms. The second kappa shape index (κ2) is 12.4. The van der Waals surface area contributed by atoms with Gasteiger partial charge in [-0.1, -0.05) is 53.7 Å². The number of nitrogens with zero attached hydrogens (tertiary/aromatic N) is 2. The van der Waals surface area contributed by atoms with Gasteiger partial charge in [0.1, 0.15) is 6.10 Å². The zero-order chi connectivity index (χ0) is 35.1. The van der Waals surface area contributed by atoms with Gasteiger partial charge in [-0.15, -0.1) is 0 Å². The first-order chi connectivity index (χ1) is 22.3. The highest BCUT2D eigenvalue weighted by molar-refractivity contribution is 5.84. The molecule has 272 valence electrons. The summed E-state index contributed by atoms with van der Waals surface area (Å²) in [5.74, 6) is 2.74. The molecule has 6 nitrogen and oxygen atoms in total. The molecule has 0 radical (unpaired) electrons. The van der Waals surface area contributed by atoms with E-state index in [4.69, 9.17) is 4.74 Å². The zero-order valence-corrected chi connectivity index (χ0v) is 32.6. The van der Waals surface area contributed by atoms with Crippen LogP contribution in [-0.4, -0.2) is 72.6 Å². The number of esters is 1. The van der Waals surface area contributed by atoms with Crippen LogP contribution < -0.4 is 5.32 Å². The second-order valence-corrected chi connectivity index (χ2v) is 19.8. The first-order valence-corrected chi connectivity index (χ1v) is 19.9. The fourth-order valence-electron chi connectivity index (χ4n) is 14.2. The van der Waals surface area contributed by atoms with Crippen molar-refractivity contribution in [3.63, 3.8) is 0 Å². The molecule has 0 spiro atoms. The number of carbonyl (C=O) groups is 2. The molecule has 1 aliphatic heterocycles. The summed E-state index contributed by atoms with van der Waals surface area (Å²) >= 11 is 0. The molecule has 6 aliphatic rings. The molecule has 5 saturated carbocycles. The predicted octanol–water partition coefficient (Wildman–Crippen LogP) is 8.11. The van der Waals surface area contributed by atoms with E-state index < -0.39 is 0 Å². The minimum absolute atomic E-state index is 0.0122. The molecule has 0 aromatic carbocycles. The van der Waals surface area contributed by atoms with Crippen LogP contribution in [0.5, 0.6) is 0 Å². The Morgan fingerprint density at radius 1 is 0.812 bits per heavy atom. The highest BCUT2D eigenvalue weighted by Gasteiger charge is 2.72. The van der Waals surface area contributed by atoms with Crippen LogP contribution in [0.2, 0.25) is 0 Å². The van der Waals surface area contributed by atoms with Crippen LogP contribution in [0.1, 0.15) is 133 Å². The maximum Gasteiger partial charge on any atom is 0.302 e. The summed E-state index contributed by atoms with van der Waals surface area (Å²) in [6, 6.07) is 0. The number of hydrogen-bond donors (Lipinski definition) is 1. The van der Waals surface area contributed by atoms with Crippen LogP contribution in [-0.2, 0) is 14.3 Å². The van der Waals surface area contributed by atoms with Gasteiger partial charge in [-0.05, 0) is 137 Å². The molecule has 0 unspecified atom stereocenters. The number of carbonyl (C=O) groups excluding carboxylic acids is 2. The number of fused-ring (bicyclic) bond motifs is 7. The van der Waals surface area contributed by atoms with Gasteiger partial charge in [0.15, 0.2) is 0 Å². The summed E-state index contributed by atoms with van der Waals surface area (Å²) in [7, 11) is 0. The summed E-state index contributed by atoms with van der Waals surface area (Å²) in [4.78, 5) is 32.1. The first-order valence-electron chi connectivity index (χ1n) is 19.9. The van der Waals surface area contributed by atoms with E-state index in [1.807, 2.05) is 0 Å². The quantitative estimate of drug-likeness (QED) is 0.220. The topological polar surface area (TPSA) is 61.9 Å². The van der Waals surface area contributed by atoms with Crippen LogP contribution in [0.15, 0.2) is 12.2 Å². The number of piperazine rings is 1. The molecule has 5 aliphatic carbocycles. The van der Waals surface area contributed by atoms with Gasteiger partial charge in [-0.2, -0.15) is 0 Å². The van der Waals surface area contributed by atoms with Crippen molar-refractivity contribution < 1.29 is 14.3 Å². The van der Waals surface area contributed by atoms with Gasteiger partial charge in [0.2, 0.25) is 5.91 Å². The summed E-state index contributed by atoms with van der Waals surface area (Å²) < 4.78 is 5.98. The molecular weight excluding hydrogens is 594 g/mol. The van der Waals surface area contributed by atoms with E-state index in [1.54, 1.807) is 6.92 Å². The van der Waals surface area contributed by atoms with E-state index in [2.05, 4.69) is 84.0 Å². The van der Waals surface area contributed by atoms with Crippen molar-refractivity contribution in [3.05, 3.63) is 12.2 Å². The Hall–Kier alpha value is -1.40. The van der Waals surface area contributed by atoms with Crippen molar-refractivity contribution in [1.29, 1.82) is 0 Å². The lowest BCUT2D eigenvalue weighted by Gasteiger charge is -2.73. The Labute approximate surface area is 293 Å². The Bertz CT molecular complexity index is 1270. The minimum atomic E-state index is -0.291. The molecule has 48 heavy (non-hydrogen) atoms. The Balaban J connectivity index is 1.26. The first kappa shape index (κ1) is 36.4. The Morgan fingerprint density at radius 2 is 1.48 bits per heavy atom. The van der Waals surface area contributed by atoms with E-state index in [9.17, 15) is 9.59 Å². The highest BCUT2D eigenvalue weighted by atomic mass is 16.5. The maximum absolute atomic E-state index is 14.9. The van der Waals surface area contributed by atoms with Gasteiger partial charge in [-0.3, -0.25) is 14.5 Å². The third-order valence-corrected chi connectivity index (χ3v) is 16.7. The van der Waals surface area contributed by atoms with Crippen molar-refractivity contribution in [1.82, 2.24) is 15.1 Å². The maximum atomic E-state index is 14.9. The average molecular weight is 666 g/mol. The van der Waals surface area contributed by atoms with Gasteiger partial charge in [-0.25, -0.2) is 0 Å². The molecule has 0 aromatic rings. The molecule has 6 rings (SSSR count). The van der Waals surface area contributed by atoms with Crippen LogP contribution in [0, 0.1) is 56.7 Å². The van der Waals surface area contributed by atoms with E-state index in [-0.39, 0.29) is 44.7 Å². The summed E-state index contributed by atoms with van der Waals surface area (Å²) in [5.41, 5.74) is 1.38. The van der Waals surface area contributed by atoms with Crippen molar-refractivity contribution >= 4 is 11.9 Å². The van der Waals surface area contributed by atoms with E-state index in [1.165, 1.54) is 31.3 Å². The largest absolute Gasteiger partial charge is 0.462 e. The van der Waals surface area contributed by atoms with Gasteiger partial charge < -0.3 is 15.0 Å². The number of ether oxygens (including phenoxy) is 1. The fraction of sp³-hybridized carbons (Fsp3) is 0.905. The molecule has 1 saturated heterocycles. The lowest BCUT2D eigenvalue weighted by molar-refractivity contribution is -0.249. The van der Waals surface area contributed by atoms with E-state index in [0.29, 0.717) is 35.5 Å². The number of nitrogens with one attached hydrogen (secondary N) is 1. The molecule has 1 amide bonds. The standard InChI is InChI=1S/C42H71N3O3/c1-12-44-23-25-45(26-24-44)27-37(5,6)43-36(47)42-20-15-30(28(2)3)35(42)31-13-14-33-39(9)18-17-34(48-29(4)46)38(7,8)32(39)16-19-41(33,11)40(31,10)21-22-42/h30-35H,2,12-27H2,1,3-11H3,(H,43,47)/t30-,31+,32-,33+,34-,35+,39-,40+,41+,42-/m0/s1. The molecule has 0 aromatic heterocycles. The van der Waals surface area contributed by atoms with Gasteiger partial charge >= 0.3 is 5.97 Å². The summed E-state index contributed by atoms with van der Waals surface area (Å²) in [5, 5.41) is 3.70. The van der Waals surface area contributed by atoms with Crippen molar-refractivity contribution in [3.8, 4) is 0 Å². The van der Waals surface area contributed by atoms with Crippen molar-refractivity contribution in [2.75, 3.05) is 39.3 Å². The minimum Gasteiger partial charge on any atom is -0.462 e. The third-order valence-electron chi connectivity index (χ3n) is 16.7. The number of amides is 1. The SMILES string of the molecule is C=C(C)[C@@H]1CC[C@]2(C(=O)NC(C)(C)CN3CCN(CC)CC3)CC[C@]3(C)[C@H](CC[C@@H]4[C@@]5(C)CC[C@H](OC(C)=O)C(C)(C)[C@@H]5CC[C@]43C)[C@@H]12. The molecule has 6 fully saturated rings. The monoisotopic (exact) mass is 666 g/mol. The lowest BCUT2D eigenvalue weighted by Crippen LogP contribution is -2.68. The average Bonchev–Trinajstić information content (AvgIpc) is 3.40. The van der Waals surface area contributed by atoms with Crippen LogP contribution in [0.3, 0.4) is 0 Å². The van der Waals surface area contributed by atoms with E-state index in [0.717, 1.165) is 77.8 Å². The molecule has 10 atom stereocenters. The van der Waals surface area contributed by atoms with Gasteiger partial charge in [0.05, 0.1) is 5.41 Å². The highest BCUT2D eigenvalue weighted by Crippen LogP contribution is 2.77. The number of likely N-dealkylation sites (N-methyl/N-ethyl adjacent to an activating group) is 1. The van der Waals surface area contributed by atoms with Crippen molar-refractivity contribution in [2.24, 2.45) is 56.7 Å². The number of hydrogen-bond acceptors (Lipinski definition) is 5. The number of rotatable bonds is 7. The Kier molecular flexibility index (Phi) is 9.39.